The predicted octanol–water partition coefficient (Wildman–Crippen LogP) is 1.12. The van der Waals surface area contributed by atoms with Crippen molar-refractivity contribution in [2.45, 2.75) is 58.7 Å². The van der Waals surface area contributed by atoms with Crippen molar-refractivity contribution in [1.82, 2.24) is 10.2 Å². The summed E-state index contributed by atoms with van der Waals surface area (Å²) in [6, 6.07) is 3.79. The molecule has 0 radical (unpaired) electrons. The van der Waals surface area contributed by atoms with Crippen LogP contribution < -0.4 is 16.2 Å². The topological polar surface area (TPSA) is 165 Å². The molecule has 2 fully saturated rings. The number of carboxylic acid groups (broad SMARTS) is 2. The SMILES string of the molecule is CCC(NC(=O)c1ccc(C(N)=[N+]2CCOCC2)cc1F)C(C)(C)C(=O)N1CCC(CC(=O)O)CC1.O=C([O-])C(F)(F)F. The fourth-order valence-corrected chi connectivity index (χ4v) is 5.02. The van der Waals surface area contributed by atoms with Crippen LogP contribution in [0.5, 0.6) is 0 Å². The lowest BCUT2D eigenvalue weighted by Crippen LogP contribution is -2.54. The number of amidine groups is 1. The Morgan fingerprint density at radius 1 is 1.16 bits per heavy atom. The van der Waals surface area contributed by atoms with Crippen LogP contribution in [0.25, 0.3) is 0 Å². The number of likely N-dealkylation sites (tertiary alicyclic amines) is 1. The van der Waals surface area contributed by atoms with Gasteiger partial charge in [-0.15, -0.1) is 0 Å². The van der Waals surface area contributed by atoms with Crippen LogP contribution >= 0.6 is 0 Å². The van der Waals surface area contributed by atoms with E-state index in [9.17, 15) is 31.9 Å². The van der Waals surface area contributed by atoms with Crippen molar-refractivity contribution >= 4 is 29.6 Å². The molecular formula is C28H38F4N4O7. The monoisotopic (exact) mass is 618 g/mol. The second-order valence-corrected chi connectivity index (χ2v) is 11.0. The molecule has 0 bridgehead atoms. The molecule has 4 N–H and O–H groups in total. The van der Waals surface area contributed by atoms with Gasteiger partial charge in [0.15, 0.2) is 0 Å². The van der Waals surface area contributed by atoms with Gasteiger partial charge in [0.05, 0.1) is 29.8 Å². The van der Waals surface area contributed by atoms with E-state index >= 15 is 0 Å². The van der Waals surface area contributed by atoms with Crippen LogP contribution in [0.1, 0.15) is 62.4 Å². The third-order valence-corrected chi connectivity index (χ3v) is 7.59. The summed E-state index contributed by atoms with van der Waals surface area (Å²) in [5.74, 6) is -4.70. The molecule has 0 aliphatic carbocycles. The maximum atomic E-state index is 15.0. The van der Waals surface area contributed by atoms with Gasteiger partial charge in [-0.2, -0.15) is 13.2 Å². The van der Waals surface area contributed by atoms with Crippen molar-refractivity contribution in [3.8, 4) is 0 Å². The molecule has 240 valence electrons. The minimum absolute atomic E-state index is 0.0665. The van der Waals surface area contributed by atoms with Crippen LogP contribution in [-0.2, 0) is 19.1 Å². The number of aliphatic carboxylic acids is 2. The van der Waals surface area contributed by atoms with Crippen molar-refractivity contribution in [3.63, 3.8) is 0 Å². The van der Waals surface area contributed by atoms with Gasteiger partial charge in [0.2, 0.25) is 5.91 Å². The number of carbonyl (C=O) groups is 4. The van der Waals surface area contributed by atoms with Gasteiger partial charge >= 0.3 is 12.1 Å². The summed E-state index contributed by atoms with van der Waals surface area (Å²) in [5, 5.41) is 20.7. The zero-order valence-electron chi connectivity index (χ0n) is 24.3. The van der Waals surface area contributed by atoms with Gasteiger partial charge in [0.1, 0.15) is 24.9 Å². The Kier molecular flexibility index (Phi) is 12.5. The summed E-state index contributed by atoms with van der Waals surface area (Å²) >= 11 is 0. The number of nitrogens with one attached hydrogen (secondary N) is 1. The van der Waals surface area contributed by atoms with Crippen LogP contribution in [0.15, 0.2) is 18.2 Å². The number of hydrogen-bond donors (Lipinski definition) is 3. The van der Waals surface area contributed by atoms with E-state index in [-0.39, 0.29) is 23.8 Å². The Labute approximate surface area is 246 Å². The van der Waals surface area contributed by atoms with Crippen LogP contribution in [0.2, 0.25) is 0 Å². The van der Waals surface area contributed by atoms with Crippen LogP contribution in [0.4, 0.5) is 17.6 Å². The van der Waals surface area contributed by atoms with Crippen LogP contribution in [0.3, 0.4) is 0 Å². The van der Waals surface area contributed by atoms with Gasteiger partial charge in [-0.3, -0.25) is 24.7 Å². The van der Waals surface area contributed by atoms with Crippen molar-refractivity contribution in [2.24, 2.45) is 17.1 Å². The first-order chi connectivity index (χ1) is 20.0. The number of morpholine rings is 1. The molecule has 2 heterocycles. The number of rotatable bonds is 8. The molecule has 0 aromatic heterocycles. The fourth-order valence-electron chi connectivity index (χ4n) is 5.02. The van der Waals surface area contributed by atoms with Crippen LogP contribution in [0, 0.1) is 17.2 Å². The number of carbonyl (C=O) groups excluding carboxylic acids is 3. The van der Waals surface area contributed by atoms with Gasteiger partial charge in [-0.1, -0.05) is 6.92 Å². The first-order valence-corrected chi connectivity index (χ1v) is 13.8. The maximum absolute atomic E-state index is 15.0. The molecule has 1 unspecified atom stereocenters. The third-order valence-electron chi connectivity index (χ3n) is 7.59. The minimum atomic E-state index is -5.19. The van der Waals surface area contributed by atoms with E-state index < -0.39 is 41.3 Å². The molecule has 43 heavy (non-hydrogen) atoms. The highest BCUT2D eigenvalue weighted by Gasteiger charge is 2.41. The molecule has 15 heteroatoms. The van der Waals surface area contributed by atoms with Crippen LogP contribution in [-0.4, -0.2) is 95.8 Å². The lowest BCUT2D eigenvalue weighted by molar-refractivity contribution is -0.549. The Bertz CT molecular complexity index is 1200. The highest BCUT2D eigenvalue weighted by Crippen LogP contribution is 2.30. The fraction of sp³-hybridized carbons (Fsp3) is 0.607. The molecule has 11 nitrogen and oxygen atoms in total. The molecule has 2 saturated heterocycles. The zero-order valence-corrected chi connectivity index (χ0v) is 24.3. The number of hydrogen-bond acceptors (Lipinski definition) is 6. The van der Waals surface area contributed by atoms with Gasteiger partial charge in [0, 0.05) is 25.6 Å². The Balaban J connectivity index is 0.000000821. The smallest absolute Gasteiger partial charge is 0.430 e. The normalized spacial score (nSPS) is 16.9. The second kappa shape index (κ2) is 15.1. The van der Waals surface area contributed by atoms with Gasteiger partial charge < -0.3 is 30.0 Å². The van der Waals surface area contributed by atoms with Crippen molar-refractivity contribution < 1.29 is 56.3 Å². The molecule has 1 aromatic rings. The maximum Gasteiger partial charge on any atom is 0.430 e. The number of nitrogens with zero attached hydrogens (tertiary/aromatic N) is 2. The molecular weight excluding hydrogens is 580 g/mol. The van der Waals surface area contributed by atoms with Crippen molar-refractivity contribution in [2.75, 3.05) is 39.4 Å². The summed E-state index contributed by atoms with van der Waals surface area (Å²) in [6.07, 6.45) is -3.32. The standard InChI is InChI=1S/C26H37FN4O5.C2HF3O2/c1-4-21(26(2,3)25(35)31-9-7-17(8-10-31)15-22(32)33)29-24(34)19-6-5-18(16-20(19)27)23(28)30-11-13-36-14-12-30;3-2(4,5)1(6)7/h5-6,16-17,21,28H,4,7-15H2,1-3H3,(H2,29,32,33,34);(H,6,7). The van der Waals surface area contributed by atoms with Gasteiger partial charge in [-0.05, 0) is 57.2 Å². The Hall–Kier alpha value is -3.75. The van der Waals surface area contributed by atoms with E-state index in [0.29, 0.717) is 70.1 Å². The first-order valence-electron chi connectivity index (χ1n) is 13.8. The molecule has 2 aliphatic heterocycles. The number of piperidine rings is 1. The highest BCUT2D eigenvalue weighted by atomic mass is 19.4. The van der Waals surface area contributed by atoms with E-state index in [1.54, 1.807) is 24.8 Å². The molecule has 3 rings (SSSR count). The molecule has 2 amide bonds. The van der Waals surface area contributed by atoms with E-state index in [4.69, 9.17) is 25.5 Å². The Morgan fingerprint density at radius 3 is 2.19 bits per heavy atom. The quantitative estimate of drug-likeness (QED) is 0.222. The average Bonchev–Trinajstić information content (AvgIpc) is 2.95. The number of nitrogens with two attached hydrogens (primary N) is 1. The summed E-state index contributed by atoms with van der Waals surface area (Å²) in [4.78, 5) is 47.9. The van der Waals surface area contributed by atoms with Crippen molar-refractivity contribution in [1.29, 1.82) is 0 Å². The Morgan fingerprint density at radius 2 is 1.72 bits per heavy atom. The molecule has 0 spiro atoms. The van der Waals surface area contributed by atoms with E-state index in [0.717, 1.165) is 0 Å². The first kappa shape index (κ1) is 35.4. The van der Waals surface area contributed by atoms with E-state index in [2.05, 4.69) is 5.32 Å². The number of carboxylic acids is 2. The lowest BCUT2D eigenvalue weighted by Gasteiger charge is -2.40. The average molecular weight is 619 g/mol. The number of amides is 2. The van der Waals surface area contributed by atoms with Gasteiger partial charge in [0.25, 0.3) is 11.7 Å². The number of benzene rings is 1. The molecule has 1 aromatic carbocycles. The highest BCUT2D eigenvalue weighted by molar-refractivity contribution is 5.98. The predicted molar refractivity (Wildman–Crippen MR) is 143 cm³/mol. The lowest BCUT2D eigenvalue weighted by atomic mass is 9.80. The zero-order chi connectivity index (χ0) is 32.5. The van der Waals surface area contributed by atoms with Gasteiger partial charge in [-0.25, -0.2) is 4.39 Å². The molecule has 0 saturated carbocycles. The largest absolute Gasteiger partial charge is 0.542 e. The minimum Gasteiger partial charge on any atom is -0.542 e. The van der Waals surface area contributed by atoms with E-state index in [1.807, 2.05) is 11.5 Å². The number of alkyl halides is 3. The number of halogens is 4. The van der Waals surface area contributed by atoms with E-state index in [1.165, 1.54) is 12.1 Å². The summed E-state index contributed by atoms with van der Waals surface area (Å²) in [7, 11) is 0. The number of ether oxygens (including phenoxy) is 1. The summed E-state index contributed by atoms with van der Waals surface area (Å²) in [5.41, 5.74) is 5.68. The summed E-state index contributed by atoms with van der Waals surface area (Å²) < 4.78 is 53.8. The molecule has 2 aliphatic rings. The van der Waals surface area contributed by atoms with Crippen molar-refractivity contribution in [3.05, 3.63) is 35.1 Å². The molecule has 1 atom stereocenters. The third kappa shape index (κ3) is 9.90. The second-order valence-electron chi connectivity index (χ2n) is 11.0. The summed E-state index contributed by atoms with van der Waals surface area (Å²) in [6.45, 7) is 8.76.